The van der Waals surface area contributed by atoms with Gasteiger partial charge in [0.15, 0.2) is 0 Å². The topological polar surface area (TPSA) is 105 Å². The van der Waals surface area contributed by atoms with Gasteiger partial charge >= 0.3 is 0 Å². The Labute approximate surface area is 198 Å². The molecule has 1 saturated carbocycles. The highest BCUT2D eigenvalue weighted by Gasteiger charge is 2.45. The van der Waals surface area contributed by atoms with Gasteiger partial charge in [0, 0.05) is 37.7 Å². The summed E-state index contributed by atoms with van der Waals surface area (Å²) in [6, 6.07) is 6.22. The van der Waals surface area contributed by atoms with E-state index < -0.39 is 0 Å². The number of aryl methyl sites for hydroxylation is 2. The van der Waals surface area contributed by atoms with Crippen molar-refractivity contribution in [3.05, 3.63) is 58.6 Å². The molecular formula is C25H28N8O. The number of nitriles is 1. The first kappa shape index (κ1) is 20.9. The summed E-state index contributed by atoms with van der Waals surface area (Å²) in [7, 11) is 1.97. The molecule has 3 aromatic rings. The minimum Gasteiger partial charge on any atom is -0.356 e. The third kappa shape index (κ3) is 3.63. The number of hydrogen-bond acceptors (Lipinski definition) is 6. The van der Waals surface area contributed by atoms with E-state index in [2.05, 4.69) is 38.5 Å². The van der Waals surface area contributed by atoms with Gasteiger partial charge in [0.25, 0.3) is 5.91 Å². The quantitative estimate of drug-likeness (QED) is 0.610. The molecule has 6 rings (SSSR count). The van der Waals surface area contributed by atoms with Crippen molar-refractivity contribution in [2.24, 2.45) is 18.9 Å². The number of amides is 1. The summed E-state index contributed by atoms with van der Waals surface area (Å²) in [4.78, 5) is 24.8. The predicted molar refractivity (Wildman–Crippen MR) is 125 cm³/mol. The summed E-state index contributed by atoms with van der Waals surface area (Å²) in [6.45, 7) is 4.76. The molecule has 1 saturated heterocycles. The average molecular weight is 457 g/mol. The second-order valence-electron chi connectivity index (χ2n) is 9.85. The Kier molecular flexibility index (Phi) is 4.90. The fourth-order valence-electron chi connectivity index (χ4n) is 5.48. The van der Waals surface area contributed by atoms with Crippen LogP contribution in [0.1, 0.15) is 57.6 Å². The van der Waals surface area contributed by atoms with Crippen molar-refractivity contribution in [3.63, 3.8) is 0 Å². The van der Waals surface area contributed by atoms with Crippen LogP contribution in [-0.2, 0) is 26.4 Å². The first-order valence-electron chi connectivity index (χ1n) is 12.0. The molecule has 34 heavy (non-hydrogen) atoms. The molecule has 1 amide bonds. The first-order chi connectivity index (χ1) is 16.5. The zero-order valence-corrected chi connectivity index (χ0v) is 19.5. The largest absolute Gasteiger partial charge is 0.356 e. The number of imidazole rings is 1. The van der Waals surface area contributed by atoms with E-state index in [-0.39, 0.29) is 18.4 Å². The van der Waals surface area contributed by atoms with Gasteiger partial charge in [-0.05, 0) is 49.7 Å². The van der Waals surface area contributed by atoms with E-state index in [1.807, 2.05) is 18.5 Å². The normalized spacial score (nSPS) is 22.4. The van der Waals surface area contributed by atoms with Crippen LogP contribution in [0.25, 0.3) is 0 Å². The van der Waals surface area contributed by atoms with Crippen molar-refractivity contribution in [1.82, 2.24) is 29.6 Å². The molecule has 9 heteroatoms. The van der Waals surface area contributed by atoms with Gasteiger partial charge in [0.2, 0.25) is 0 Å². The van der Waals surface area contributed by atoms with Gasteiger partial charge in [-0.25, -0.2) is 9.97 Å². The lowest BCUT2D eigenvalue weighted by atomic mass is 10.1. The summed E-state index contributed by atoms with van der Waals surface area (Å²) in [5, 5.41) is 17.0. The van der Waals surface area contributed by atoms with E-state index in [4.69, 9.17) is 4.98 Å². The van der Waals surface area contributed by atoms with Crippen LogP contribution in [0.5, 0.6) is 0 Å². The number of hydrogen-bond donors (Lipinski definition) is 1. The number of carbonyl (C=O) groups is 1. The van der Waals surface area contributed by atoms with Crippen LogP contribution in [0.3, 0.4) is 0 Å². The minimum absolute atomic E-state index is 0.0860. The molecule has 4 heterocycles. The van der Waals surface area contributed by atoms with Gasteiger partial charge < -0.3 is 14.8 Å². The van der Waals surface area contributed by atoms with Crippen LogP contribution in [0.2, 0.25) is 0 Å². The van der Waals surface area contributed by atoms with Gasteiger partial charge in [-0.2, -0.15) is 10.4 Å². The zero-order chi connectivity index (χ0) is 23.4. The van der Waals surface area contributed by atoms with Crippen LogP contribution in [-0.4, -0.2) is 43.3 Å². The summed E-state index contributed by atoms with van der Waals surface area (Å²) < 4.78 is 3.76. The lowest BCUT2D eigenvalue weighted by Gasteiger charge is -2.20. The highest BCUT2D eigenvalue weighted by atomic mass is 16.1. The molecular weight excluding hydrogens is 428 g/mol. The monoisotopic (exact) mass is 456 g/mol. The highest BCUT2D eigenvalue weighted by Crippen LogP contribution is 2.46. The Morgan fingerprint density at radius 1 is 1.29 bits per heavy atom. The van der Waals surface area contributed by atoms with Gasteiger partial charge in [0.1, 0.15) is 5.82 Å². The van der Waals surface area contributed by atoms with Crippen LogP contribution < -0.4 is 10.2 Å². The van der Waals surface area contributed by atoms with E-state index in [0.717, 1.165) is 66.2 Å². The number of nitrogens with one attached hydrogen (secondary N) is 1. The molecule has 3 aliphatic rings. The molecule has 3 aromatic heterocycles. The van der Waals surface area contributed by atoms with E-state index in [1.165, 1.54) is 6.42 Å². The number of rotatable bonds is 6. The number of nitrogens with zero attached hydrogens (tertiary/aromatic N) is 7. The maximum atomic E-state index is 13.1. The van der Waals surface area contributed by atoms with Crippen LogP contribution in [0.4, 0.5) is 5.82 Å². The third-order valence-corrected chi connectivity index (χ3v) is 7.54. The Bertz CT molecular complexity index is 1300. The molecule has 0 spiro atoms. The van der Waals surface area contributed by atoms with Crippen molar-refractivity contribution in [2.75, 3.05) is 18.0 Å². The third-order valence-electron chi connectivity index (χ3n) is 7.54. The standard InChI is InChI=1S/C25H28N8O/c1-15-16(3-6-23(28-15)32-10-17-9-18(17)11-32)12-33-13-19(20(30-33)7-8-26)25(34)29-21-4-5-22-24(21)27-14-31(22)2/h3,6,13-14,17-18,21H,4-5,7,9-12H2,1-2H3,(H,29,34)/t17?,18?,21-/m1/s1. The van der Waals surface area contributed by atoms with Crippen molar-refractivity contribution in [3.8, 4) is 6.07 Å². The molecule has 0 radical (unpaired) electrons. The zero-order valence-electron chi connectivity index (χ0n) is 19.5. The molecule has 0 aromatic carbocycles. The Balaban J connectivity index is 1.19. The Morgan fingerprint density at radius 3 is 2.88 bits per heavy atom. The highest BCUT2D eigenvalue weighted by molar-refractivity contribution is 5.95. The summed E-state index contributed by atoms with van der Waals surface area (Å²) in [6.07, 6.45) is 6.71. The summed E-state index contributed by atoms with van der Waals surface area (Å²) in [5.41, 5.74) is 5.06. The molecule has 0 bridgehead atoms. The van der Waals surface area contributed by atoms with Crippen molar-refractivity contribution >= 4 is 11.7 Å². The van der Waals surface area contributed by atoms with E-state index in [9.17, 15) is 10.1 Å². The molecule has 2 aliphatic carbocycles. The second-order valence-corrected chi connectivity index (χ2v) is 9.85. The summed E-state index contributed by atoms with van der Waals surface area (Å²) in [5.74, 6) is 2.56. The number of fused-ring (bicyclic) bond motifs is 2. The lowest BCUT2D eigenvalue weighted by molar-refractivity contribution is 0.0935. The van der Waals surface area contributed by atoms with Gasteiger partial charge in [-0.15, -0.1) is 0 Å². The van der Waals surface area contributed by atoms with Crippen LogP contribution in [0, 0.1) is 30.1 Å². The van der Waals surface area contributed by atoms with Gasteiger partial charge in [-0.1, -0.05) is 6.07 Å². The lowest BCUT2D eigenvalue weighted by Crippen LogP contribution is -2.28. The minimum atomic E-state index is -0.210. The van der Waals surface area contributed by atoms with Crippen LogP contribution in [0.15, 0.2) is 24.7 Å². The smallest absolute Gasteiger partial charge is 0.255 e. The van der Waals surface area contributed by atoms with E-state index in [0.29, 0.717) is 17.8 Å². The van der Waals surface area contributed by atoms with E-state index in [1.54, 1.807) is 17.2 Å². The molecule has 9 nitrogen and oxygen atoms in total. The maximum Gasteiger partial charge on any atom is 0.255 e. The first-order valence-corrected chi connectivity index (χ1v) is 12.0. The molecule has 174 valence electrons. The molecule has 2 fully saturated rings. The second kappa shape index (κ2) is 7.97. The molecule has 1 N–H and O–H groups in total. The van der Waals surface area contributed by atoms with Crippen molar-refractivity contribution in [2.45, 2.75) is 45.2 Å². The maximum absolute atomic E-state index is 13.1. The fraction of sp³-hybridized carbons (Fsp3) is 0.480. The number of anilines is 1. The Hall–Kier alpha value is -3.67. The van der Waals surface area contributed by atoms with Crippen molar-refractivity contribution in [1.29, 1.82) is 5.26 Å². The number of piperidine rings is 1. The predicted octanol–water partition coefficient (Wildman–Crippen LogP) is 2.31. The molecule has 1 aliphatic heterocycles. The molecule has 3 atom stereocenters. The van der Waals surface area contributed by atoms with Gasteiger partial charge in [-0.3, -0.25) is 9.48 Å². The van der Waals surface area contributed by atoms with Crippen molar-refractivity contribution < 1.29 is 4.79 Å². The van der Waals surface area contributed by atoms with Crippen LogP contribution >= 0.6 is 0 Å². The van der Waals surface area contributed by atoms with Gasteiger partial charge in [0.05, 0.1) is 48.4 Å². The SMILES string of the molecule is Cc1nc(N2CC3CC3C2)ccc1Cn1cc(C(=O)N[C@@H]2CCc3c2ncn3C)c(CC#N)n1. The Morgan fingerprint density at radius 2 is 2.12 bits per heavy atom. The van der Waals surface area contributed by atoms with E-state index >= 15 is 0 Å². The number of aromatic nitrogens is 5. The molecule has 2 unspecified atom stereocenters. The average Bonchev–Trinajstić information content (AvgIpc) is 3.22. The number of carbonyl (C=O) groups excluding carboxylic acids is 1. The fourth-order valence-corrected chi connectivity index (χ4v) is 5.48. The number of pyridine rings is 1. The summed E-state index contributed by atoms with van der Waals surface area (Å²) >= 11 is 0.